The van der Waals surface area contributed by atoms with E-state index in [1.165, 1.54) is 14.0 Å². The van der Waals surface area contributed by atoms with Crippen LogP contribution in [0.3, 0.4) is 0 Å². The van der Waals surface area contributed by atoms with Gasteiger partial charge in [0.05, 0.1) is 42.4 Å². The standard InChI is InChI=1S/C57H95N5O16/c1-16-43-57(10,71)49(66)35(6)61(14)29-31(2)27-55(8,70)50(78-54-47(65)42(59(11)12)25-32(3)73-54)33(4)48(34(5)53(69)75-43)77-45-28-56(9,72-15)51(36(7)74-45)76-44(63)21-23-60(13)24-22-58-37-17-20-39-41(26-37)62(38-18-19-38)30-40(46(39)64)52(67)68/h17,20,26,31-36,38,40,42-43,45,47-51,54,58,65-66,70-71H,16,18-19,21-25,27-30H2,1-15H3,(H,67,68)/t31-,32-,33+,34-,35-,36+,40?,42+,43-,45+,47-,48+,49+,50-,51+,54+,55-,56-,57-/m1/s1. The van der Waals surface area contributed by atoms with Gasteiger partial charge in [-0.3, -0.25) is 19.2 Å². The third kappa shape index (κ3) is 14.7. The number of benzene rings is 1. The summed E-state index contributed by atoms with van der Waals surface area (Å²) in [6.45, 7) is 19.6. The number of Topliss-reactive ketones (excluding diaryl/α,β-unsaturated/α-hetero) is 1. The number of carboxylic acid groups (broad SMARTS) is 1. The van der Waals surface area contributed by atoms with E-state index >= 15 is 0 Å². The minimum atomic E-state index is -1.86. The average Bonchev–Trinajstić information content (AvgIpc) is 4.30. The molecule has 0 amide bonds. The Morgan fingerprint density at radius 2 is 1.60 bits per heavy atom. The molecule has 1 aliphatic carbocycles. The van der Waals surface area contributed by atoms with Gasteiger partial charge in [-0.05, 0) is 133 Å². The minimum Gasteiger partial charge on any atom is -0.481 e. The van der Waals surface area contributed by atoms with E-state index in [1.807, 2.05) is 74.6 Å². The number of nitrogens with zero attached hydrogens (tertiary/aromatic N) is 4. The monoisotopic (exact) mass is 1110 g/mol. The van der Waals surface area contributed by atoms with Crippen molar-refractivity contribution in [1.82, 2.24) is 14.7 Å². The summed E-state index contributed by atoms with van der Waals surface area (Å²) in [7, 11) is 8.99. The number of nitrogens with one attached hydrogen (secondary N) is 1. The number of carbonyl (C=O) groups is 4. The highest BCUT2D eigenvalue weighted by Crippen LogP contribution is 2.43. The molecule has 0 radical (unpaired) electrons. The van der Waals surface area contributed by atoms with Crippen LogP contribution in [-0.4, -0.2) is 228 Å². The maximum absolute atomic E-state index is 14.6. The zero-order valence-electron chi connectivity index (χ0n) is 49.0. The number of hydrogen-bond acceptors (Lipinski definition) is 20. The van der Waals surface area contributed by atoms with Gasteiger partial charge in [0.25, 0.3) is 0 Å². The SMILES string of the molecule is CC[C@H]1OC(=O)[C@H](C)[C@@H](O[C@H]2C[C@@](C)(OC)[C@@H](OC(=O)CCN(C)CCNc3ccc4c(c3)N(C3CC3)CC(C(=O)O)C4=O)[C@H](C)O2)[C@H](C)[C@@H](O[C@@H]2O[C@H](C)C[C@H](N(C)C)[C@H]2O)[C@](C)(O)C[C@@H](C)CN(C)[C@H](C)[C@H](O)[C@]1(C)O. The van der Waals surface area contributed by atoms with E-state index in [9.17, 15) is 44.7 Å². The lowest BCUT2D eigenvalue weighted by atomic mass is 9.77. The van der Waals surface area contributed by atoms with Crippen molar-refractivity contribution < 1.29 is 77.9 Å². The second-order valence-corrected chi connectivity index (χ2v) is 24.5. The zero-order chi connectivity index (χ0) is 57.9. The molecule has 1 saturated carbocycles. The zero-order valence-corrected chi connectivity index (χ0v) is 49.0. The van der Waals surface area contributed by atoms with Crippen LogP contribution in [-0.2, 0) is 47.5 Å². The Morgan fingerprint density at radius 1 is 0.923 bits per heavy atom. The summed E-state index contributed by atoms with van der Waals surface area (Å²) in [6, 6.07) is 4.72. The van der Waals surface area contributed by atoms with E-state index in [0.29, 0.717) is 38.2 Å². The number of aliphatic carboxylic acids is 1. The number of cyclic esters (lactones) is 1. The summed E-state index contributed by atoms with van der Waals surface area (Å²) in [4.78, 5) is 61.0. The van der Waals surface area contributed by atoms with Gasteiger partial charge in [-0.2, -0.15) is 0 Å². The first-order valence-electron chi connectivity index (χ1n) is 28.3. The predicted octanol–water partition coefficient (Wildman–Crippen LogP) is 3.75. The van der Waals surface area contributed by atoms with Crippen LogP contribution in [0.5, 0.6) is 0 Å². The maximum Gasteiger partial charge on any atom is 0.316 e. The molecule has 78 heavy (non-hydrogen) atoms. The van der Waals surface area contributed by atoms with Gasteiger partial charge in [0.1, 0.15) is 35.4 Å². The highest BCUT2D eigenvalue weighted by molar-refractivity contribution is 6.13. The van der Waals surface area contributed by atoms with Crippen LogP contribution in [0.2, 0.25) is 0 Å². The fourth-order valence-electron chi connectivity index (χ4n) is 12.5. The molecule has 1 unspecified atom stereocenters. The molecule has 0 bridgehead atoms. The Labute approximate surface area is 462 Å². The van der Waals surface area contributed by atoms with E-state index in [2.05, 4.69) is 5.32 Å². The first-order chi connectivity index (χ1) is 36.4. The molecule has 6 N–H and O–H groups in total. The molecule has 4 aliphatic heterocycles. The summed E-state index contributed by atoms with van der Waals surface area (Å²) in [5.74, 6) is -5.89. The van der Waals surface area contributed by atoms with Crippen molar-refractivity contribution in [1.29, 1.82) is 0 Å². The highest BCUT2D eigenvalue weighted by atomic mass is 16.7. The maximum atomic E-state index is 14.6. The molecule has 0 aromatic heterocycles. The van der Waals surface area contributed by atoms with Crippen molar-refractivity contribution in [3.8, 4) is 0 Å². The molecule has 21 nitrogen and oxygen atoms in total. The number of ether oxygens (including phenoxy) is 7. The summed E-state index contributed by atoms with van der Waals surface area (Å²) >= 11 is 0. The van der Waals surface area contributed by atoms with Crippen LogP contribution in [0.15, 0.2) is 18.2 Å². The largest absolute Gasteiger partial charge is 0.481 e. The number of aliphatic hydroxyl groups excluding tert-OH is 2. The third-order valence-corrected chi connectivity index (χ3v) is 17.5. The molecule has 4 heterocycles. The van der Waals surface area contributed by atoms with Gasteiger partial charge in [-0.1, -0.05) is 20.8 Å². The third-order valence-electron chi connectivity index (χ3n) is 17.5. The molecule has 21 heteroatoms. The summed E-state index contributed by atoms with van der Waals surface area (Å²) in [6.07, 6.45) is -7.05. The molecular formula is C57H95N5O16. The molecule has 3 saturated heterocycles. The van der Waals surface area contributed by atoms with Gasteiger partial charge in [-0.25, -0.2) is 0 Å². The second-order valence-electron chi connectivity index (χ2n) is 24.5. The minimum absolute atomic E-state index is 0.0475. The topological polar surface area (TPSA) is 259 Å². The van der Waals surface area contributed by atoms with Gasteiger partial charge in [0.15, 0.2) is 24.5 Å². The molecular weight excluding hydrogens is 1010 g/mol. The van der Waals surface area contributed by atoms with E-state index in [-0.39, 0.29) is 62.1 Å². The van der Waals surface area contributed by atoms with Gasteiger partial charge in [0, 0.05) is 87.2 Å². The number of rotatable bonds is 17. The number of likely N-dealkylation sites (N-methyl/N-ethyl adjacent to an activating group) is 3. The number of esters is 2. The van der Waals surface area contributed by atoms with Crippen molar-refractivity contribution in [3.63, 3.8) is 0 Å². The van der Waals surface area contributed by atoms with E-state index in [4.69, 9.17) is 33.2 Å². The smallest absolute Gasteiger partial charge is 0.316 e. The molecule has 0 spiro atoms. The molecule has 1 aromatic carbocycles. The Morgan fingerprint density at radius 3 is 2.22 bits per heavy atom. The number of methoxy groups -OCH3 is 1. The average molecular weight is 1110 g/mol. The number of anilines is 2. The second kappa shape index (κ2) is 26.1. The van der Waals surface area contributed by atoms with E-state index < -0.39 is 114 Å². The lowest BCUT2D eigenvalue weighted by molar-refractivity contribution is -0.318. The molecule has 1 aromatic rings. The Hall–Kier alpha value is -3.58. The van der Waals surface area contributed by atoms with Gasteiger partial charge in [-0.15, -0.1) is 0 Å². The van der Waals surface area contributed by atoms with Crippen molar-refractivity contribution in [2.45, 2.75) is 211 Å². The molecule has 5 aliphatic rings. The van der Waals surface area contributed by atoms with Crippen LogP contribution in [0, 0.1) is 23.7 Å². The van der Waals surface area contributed by atoms with E-state index in [1.54, 1.807) is 53.7 Å². The molecule has 4 fully saturated rings. The Kier molecular flexibility index (Phi) is 21.3. The molecule has 19 atom stereocenters. The van der Waals surface area contributed by atoms with Crippen LogP contribution < -0.4 is 10.2 Å². The van der Waals surface area contributed by atoms with Crippen LogP contribution in [0.1, 0.15) is 125 Å². The van der Waals surface area contributed by atoms with Crippen molar-refractivity contribution in [3.05, 3.63) is 23.8 Å². The van der Waals surface area contributed by atoms with Gasteiger partial charge in [0.2, 0.25) is 0 Å². The molecule has 444 valence electrons. The normalized spacial score (nSPS) is 39.7. The van der Waals surface area contributed by atoms with Crippen LogP contribution in [0.4, 0.5) is 11.4 Å². The first-order valence-corrected chi connectivity index (χ1v) is 28.3. The lowest BCUT2D eigenvalue weighted by Gasteiger charge is -2.49. The van der Waals surface area contributed by atoms with Crippen LogP contribution >= 0.6 is 0 Å². The fourth-order valence-corrected chi connectivity index (χ4v) is 12.5. The fraction of sp³-hybridized carbons (Fsp3) is 0.825. The van der Waals surface area contributed by atoms with E-state index in [0.717, 1.165) is 24.2 Å². The number of ketones is 1. The van der Waals surface area contributed by atoms with Crippen LogP contribution in [0.25, 0.3) is 0 Å². The quantitative estimate of drug-likeness (QED) is 0.0959. The first kappa shape index (κ1) is 63.6. The van der Waals surface area contributed by atoms with Crippen molar-refractivity contribution >= 4 is 35.1 Å². The van der Waals surface area contributed by atoms with Gasteiger partial charge >= 0.3 is 17.9 Å². The number of hydrogen-bond donors (Lipinski definition) is 6. The van der Waals surface area contributed by atoms with Gasteiger partial charge < -0.3 is 83.6 Å². The number of aliphatic hydroxyl groups is 4. The summed E-state index contributed by atoms with van der Waals surface area (Å²) in [5, 5.41) is 61.3. The van der Waals surface area contributed by atoms with Crippen molar-refractivity contribution in [2.24, 2.45) is 23.7 Å². The Bertz CT molecular complexity index is 2200. The van der Waals surface area contributed by atoms with Crippen molar-refractivity contribution in [2.75, 3.05) is 78.2 Å². The Balaban J connectivity index is 1.17. The molecule has 6 rings (SSSR count). The number of carbonyl (C=O) groups excluding carboxylic acids is 3. The summed E-state index contributed by atoms with van der Waals surface area (Å²) in [5.41, 5.74) is -2.67. The highest BCUT2D eigenvalue weighted by Gasteiger charge is 2.54. The predicted molar refractivity (Wildman–Crippen MR) is 291 cm³/mol. The lowest BCUT2D eigenvalue weighted by Crippen LogP contribution is -2.61. The number of fused-ring (bicyclic) bond motifs is 1. The number of carboxylic acids is 1. The summed E-state index contributed by atoms with van der Waals surface area (Å²) < 4.78 is 45.1.